The van der Waals surface area contributed by atoms with E-state index in [1.807, 2.05) is 0 Å². The number of rotatable bonds is 12. The molecular formula is C14H31NO5. The molecule has 0 aliphatic heterocycles. The molecule has 1 unspecified atom stereocenters. The molecule has 5 atom stereocenters. The fourth-order valence-corrected chi connectivity index (χ4v) is 2.06. The lowest BCUT2D eigenvalue weighted by Gasteiger charge is -2.26. The first-order chi connectivity index (χ1) is 9.47. The van der Waals surface area contributed by atoms with E-state index in [0.29, 0.717) is 5.92 Å². The highest BCUT2D eigenvalue weighted by molar-refractivity contribution is 4.81. The molecule has 0 aromatic heterocycles. The second-order valence-corrected chi connectivity index (χ2v) is 5.37. The molecule has 0 fully saturated rings. The van der Waals surface area contributed by atoms with Crippen LogP contribution in [-0.2, 0) is 0 Å². The monoisotopic (exact) mass is 293 g/mol. The molecule has 6 nitrogen and oxygen atoms in total. The van der Waals surface area contributed by atoms with Crippen LogP contribution in [0.15, 0.2) is 0 Å². The van der Waals surface area contributed by atoms with Crippen molar-refractivity contribution in [3.05, 3.63) is 0 Å². The minimum Gasteiger partial charge on any atom is -0.394 e. The van der Waals surface area contributed by atoms with Crippen LogP contribution in [0.5, 0.6) is 0 Å². The van der Waals surface area contributed by atoms with Gasteiger partial charge in [-0.25, -0.2) is 0 Å². The lowest BCUT2D eigenvalue weighted by atomic mass is 9.99. The Morgan fingerprint density at radius 1 is 0.900 bits per heavy atom. The topological polar surface area (TPSA) is 113 Å². The van der Waals surface area contributed by atoms with Gasteiger partial charge in [0.15, 0.2) is 0 Å². The molecule has 0 spiro atoms. The van der Waals surface area contributed by atoms with Crippen molar-refractivity contribution >= 4 is 0 Å². The van der Waals surface area contributed by atoms with E-state index in [1.165, 1.54) is 6.42 Å². The first kappa shape index (κ1) is 19.8. The van der Waals surface area contributed by atoms with Gasteiger partial charge >= 0.3 is 0 Å². The smallest absolute Gasteiger partial charge is 0.111 e. The highest BCUT2D eigenvalue weighted by Crippen LogP contribution is 2.11. The Morgan fingerprint density at radius 2 is 1.50 bits per heavy atom. The molecule has 0 radical (unpaired) electrons. The quantitative estimate of drug-likeness (QED) is 0.282. The fraction of sp³-hybridized carbons (Fsp3) is 1.00. The van der Waals surface area contributed by atoms with Gasteiger partial charge in [-0.3, -0.25) is 0 Å². The van der Waals surface area contributed by atoms with Crippen molar-refractivity contribution in [2.75, 3.05) is 19.7 Å². The molecule has 6 N–H and O–H groups in total. The zero-order valence-corrected chi connectivity index (χ0v) is 12.6. The van der Waals surface area contributed by atoms with E-state index in [9.17, 15) is 20.4 Å². The summed E-state index contributed by atoms with van der Waals surface area (Å²) in [5.74, 6) is 0.534. The van der Waals surface area contributed by atoms with Gasteiger partial charge in [-0.15, -0.1) is 0 Å². The maximum Gasteiger partial charge on any atom is 0.111 e. The van der Waals surface area contributed by atoms with Crippen LogP contribution in [0, 0.1) is 5.92 Å². The van der Waals surface area contributed by atoms with Crippen molar-refractivity contribution in [2.45, 2.75) is 63.9 Å². The van der Waals surface area contributed by atoms with Crippen molar-refractivity contribution < 1.29 is 25.5 Å². The molecule has 0 saturated heterocycles. The summed E-state index contributed by atoms with van der Waals surface area (Å²) in [6.45, 7) is 4.49. The minimum absolute atomic E-state index is 0.138. The largest absolute Gasteiger partial charge is 0.394 e. The Morgan fingerprint density at radius 3 is 2.00 bits per heavy atom. The summed E-state index contributed by atoms with van der Waals surface area (Å²) in [7, 11) is 0. The predicted octanol–water partition coefficient (Wildman–Crippen LogP) is -0.772. The first-order valence-corrected chi connectivity index (χ1v) is 7.51. The van der Waals surface area contributed by atoms with Crippen LogP contribution in [0.4, 0.5) is 0 Å². The maximum atomic E-state index is 9.73. The van der Waals surface area contributed by atoms with E-state index >= 15 is 0 Å². The van der Waals surface area contributed by atoms with Gasteiger partial charge in [0.25, 0.3) is 0 Å². The van der Waals surface area contributed by atoms with Gasteiger partial charge in [-0.05, 0) is 18.9 Å². The highest BCUT2D eigenvalue weighted by atomic mass is 16.4. The summed E-state index contributed by atoms with van der Waals surface area (Å²) in [5.41, 5.74) is 0. The van der Waals surface area contributed by atoms with Crippen molar-refractivity contribution in [3.63, 3.8) is 0 Å². The number of aliphatic hydroxyl groups excluding tert-OH is 5. The normalized spacial score (nSPS) is 19.4. The molecule has 0 heterocycles. The molecule has 0 saturated carbocycles. The Bertz CT molecular complexity index is 230. The molecule has 0 aromatic carbocycles. The van der Waals surface area contributed by atoms with Crippen LogP contribution in [-0.4, -0.2) is 69.6 Å². The van der Waals surface area contributed by atoms with E-state index < -0.39 is 31.0 Å². The number of hydrogen-bond donors (Lipinski definition) is 6. The second-order valence-electron chi connectivity index (χ2n) is 5.37. The standard InChI is InChI=1S/C14H31NO5/c1-3-5-6-10(4-2)7-15-8-11(17)13(19)14(20)12(18)9-16/h10-20H,3-9H2,1-2H3/t10?,11-,12+,13+,14+/m0/s1. The Labute approximate surface area is 121 Å². The van der Waals surface area contributed by atoms with Gasteiger partial charge in [0.2, 0.25) is 0 Å². The van der Waals surface area contributed by atoms with Gasteiger partial charge in [-0.2, -0.15) is 0 Å². The molecule has 0 bridgehead atoms. The van der Waals surface area contributed by atoms with Gasteiger partial charge < -0.3 is 30.8 Å². The van der Waals surface area contributed by atoms with E-state index in [2.05, 4.69) is 19.2 Å². The average Bonchev–Trinajstić information content (AvgIpc) is 2.47. The summed E-state index contributed by atoms with van der Waals surface area (Å²) < 4.78 is 0. The van der Waals surface area contributed by atoms with Gasteiger partial charge in [0, 0.05) is 6.54 Å². The third-order valence-corrected chi connectivity index (χ3v) is 3.66. The van der Waals surface area contributed by atoms with Crippen LogP contribution in [0.3, 0.4) is 0 Å². The Hall–Kier alpha value is -0.240. The summed E-state index contributed by atoms with van der Waals surface area (Å²) in [6, 6.07) is 0. The van der Waals surface area contributed by atoms with E-state index in [4.69, 9.17) is 5.11 Å². The number of nitrogens with one attached hydrogen (secondary N) is 1. The summed E-state index contributed by atoms with van der Waals surface area (Å²) in [5, 5.41) is 49.8. The SMILES string of the molecule is CCCCC(CC)CNC[C@H](O)[C@@H](O)[C@H](O)[C@H](O)CO. The molecule has 0 rings (SSSR count). The van der Waals surface area contributed by atoms with Crippen molar-refractivity contribution in [2.24, 2.45) is 5.92 Å². The molecule has 20 heavy (non-hydrogen) atoms. The molecule has 0 aliphatic carbocycles. The lowest BCUT2D eigenvalue weighted by Crippen LogP contribution is -2.49. The van der Waals surface area contributed by atoms with Crippen LogP contribution in [0.25, 0.3) is 0 Å². The van der Waals surface area contributed by atoms with Crippen molar-refractivity contribution in [1.29, 1.82) is 0 Å². The van der Waals surface area contributed by atoms with Crippen LogP contribution in [0.1, 0.15) is 39.5 Å². The van der Waals surface area contributed by atoms with Gasteiger partial charge in [0.05, 0.1) is 12.7 Å². The maximum absolute atomic E-state index is 9.73. The summed E-state index contributed by atoms with van der Waals surface area (Å²) >= 11 is 0. The number of unbranched alkanes of at least 4 members (excludes halogenated alkanes) is 1. The Balaban J connectivity index is 3.98. The van der Waals surface area contributed by atoms with Crippen LogP contribution in [0.2, 0.25) is 0 Å². The van der Waals surface area contributed by atoms with Crippen LogP contribution < -0.4 is 5.32 Å². The molecule has 122 valence electrons. The second kappa shape index (κ2) is 11.4. The van der Waals surface area contributed by atoms with E-state index in [-0.39, 0.29) is 6.54 Å². The lowest BCUT2D eigenvalue weighted by molar-refractivity contribution is -0.114. The zero-order valence-electron chi connectivity index (χ0n) is 12.6. The molecule has 0 amide bonds. The van der Waals surface area contributed by atoms with E-state index in [0.717, 1.165) is 25.8 Å². The summed E-state index contributed by atoms with van der Waals surface area (Å²) in [4.78, 5) is 0. The highest BCUT2D eigenvalue weighted by Gasteiger charge is 2.29. The molecule has 0 aromatic rings. The molecule has 6 heteroatoms. The Kier molecular flexibility index (Phi) is 11.3. The first-order valence-electron chi connectivity index (χ1n) is 7.51. The zero-order chi connectivity index (χ0) is 15.5. The average molecular weight is 293 g/mol. The predicted molar refractivity (Wildman–Crippen MR) is 77.3 cm³/mol. The number of aliphatic hydroxyl groups is 5. The van der Waals surface area contributed by atoms with Gasteiger partial charge in [0.1, 0.15) is 18.3 Å². The van der Waals surface area contributed by atoms with E-state index in [1.54, 1.807) is 0 Å². The molecular weight excluding hydrogens is 262 g/mol. The third kappa shape index (κ3) is 7.52. The minimum atomic E-state index is -1.56. The summed E-state index contributed by atoms with van der Waals surface area (Å²) in [6.07, 6.45) is -1.17. The third-order valence-electron chi connectivity index (χ3n) is 3.66. The van der Waals surface area contributed by atoms with Crippen molar-refractivity contribution in [3.8, 4) is 0 Å². The number of hydrogen-bond acceptors (Lipinski definition) is 6. The van der Waals surface area contributed by atoms with Gasteiger partial charge in [-0.1, -0.05) is 33.1 Å². The van der Waals surface area contributed by atoms with Crippen molar-refractivity contribution in [1.82, 2.24) is 5.32 Å². The van der Waals surface area contributed by atoms with Crippen LogP contribution >= 0.6 is 0 Å². The fourth-order valence-electron chi connectivity index (χ4n) is 2.06. The molecule has 0 aliphatic rings.